The average molecular weight is 426 g/mol. The van der Waals surface area contributed by atoms with Gasteiger partial charge in [-0.25, -0.2) is 9.79 Å². The molecule has 0 spiro atoms. The summed E-state index contributed by atoms with van der Waals surface area (Å²) in [5.41, 5.74) is 1.82. The number of benzene rings is 2. The fourth-order valence-electron chi connectivity index (χ4n) is 2.86. The summed E-state index contributed by atoms with van der Waals surface area (Å²) in [6.07, 6.45) is 1.78. The van der Waals surface area contributed by atoms with Crippen LogP contribution in [0.3, 0.4) is 0 Å². The zero-order valence-corrected chi connectivity index (χ0v) is 18.0. The fourth-order valence-corrected chi connectivity index (χ4v) is 3.92. The van der Waals surface area contributed by atoms with Gasteiger partial charge in [-0.1, -0.05) is 0 Å². The minimum Gasteiger partial charge on any atom is -0.497 e. The second-order valence-corrected chi connectivity index (χ2v) is 7.21. The summed E-state index contributed by atoms with van der Waals surface area (Å²) >= 11 is 1.29. The molecule has 1 aliphatic heterocycles. The Morgan fingerprint density at radius 1 is 1.10 bits per heavy atom. The second-order valence-electron chi connectivity index (χ2n) is 6.20. The summed E-state index contributed by atoms with van der Waals surface area (Å²) in [5, 5.41) is 0.571. The maximum absolute atomic E-state index is 12.9. The Balaban J connectivity index is 1.93. The monoisotopic (exact) mass is 426 g/mol. The molecule has 30 heavy (non-hydrogen) atoms. The lowest BCUT2D eigenvalue weighted by Crippen LogP contribution is -2.28. The molecule has 3 rings (SSSR count). The molecule has 1 heterocycles. The number of hydrogen-bond acceptors (Lipinski definition) is 7. The highest BCUT2D eigenvalue weighted by molar-refractivity contribution is 8.18. The molecule has 0 bridgehead atoms. The number of carbonyl (C=O) groups is 2. The van der Waals surface area contributed by atoms with Gasteiger partial charge in [-0.2, -0.15) is 0 Å². The fraction of sp³-hybridized carbons (Fsp3) is 0.227. The van der Waals surface area contributed by atoms with Crippen molar-refractivity contribution in [3.05, 3.63) is 58.5 Å². The summed E-state index contributed by atoms with van der Waals surface area (Å²) in [5.74, 6) is 0.776. The largest absolute Gasteiger partial charge is 0.497 e. The smallest absolute Gasteiger partial charge is 0.337 e. The zero-order chi connectivity index (χ0) is 21.7. The van der Waals surface area contributed by atoms with Crippen molar-refractivity contribution >= 4 is 40.6 Å². The van der Waals surface area contributed by atoms with Crippen LogP contribution in [-0.4, -0.2) is 49.8 Å². The Morgan fingerprint density at radius 2 is 1.83 bits per heavy atom. The lowest BCUT2D eigenvalue weighted by molar-refractivity contribution is -0.122. The number of aliphatic imine (C=N–C) groups is 1. The van der Waals surface area contributed by atoms with Crippen LogP contribution < -0.4 is 9.47 Å². The first-order chi connectivity index (χ1) is 14.5. The van der Waals surface area contributed by atoms with E-state index in [0.29, 0.717) is 39.4 Å². The highest BCUT2D eigenvalue weighted by atomic mass is 32.2. The number of amides is 1. The van der Waals surface area contributed by atoms with Gasteiger partial charge in [-0.05, 0) is 67.2 Å². The molecule has 8 heteroatoms. The third-order valence-electron chi connectivity index (χ3n) is 4.44. The number of likely N-dealkylation sites (N-methyl/N-ethyl adjacent to an activating group) is 1. The summed E-state index contributed by atoms with van der Waals surface area (Å²) < 4.78 is 15.4. The van der Waals surface area contributed by atoms with Gasteiger partial charge in [-0.3, -0.25) is 9.69 Å². The molecule has 0 atom stereocenters. The number of thioether (sulfide) groups is 1. The van der Waals surface area contributed by atoms with Gasteiger partial charge < -0.3 is 14.2 Å². The van der Waals surface area contributed by atoms with Crippen molar-refractivity contribution in [3.63, 3.8) is 0 Å². The lowest BCUT2D eigenvalue weighted by Gasteiger charge is -2.12. The molecule has 1 amide bonds. The number of nitrogens with zero attached hydrogens (tertiary/aromatic N) is 2. The molecule has 2 aromatic carbocycles. The number of carbonyl (C=O) groups excluding carboxylic acids is 2. The Morgan fingerprint density at radius 3 is 2.43 bits per heavy atom. The van der Waals surface area contributed by atoms with Gasteiger partial charge in [0.2, 0.25) is 0 Å². The molecule has 7 nitrogen and oxygen atoms in total. The van der Waals surface area contributed by atoms with Crippen LogP contribution in [0.2, 0.25) is 0 Å². The molecule has 0 N–H and O–H groups in total. The van der Waals surface area contributed by atoms with Crippen molar-refractivity contribution in [3.8, 4) is 11.5 Å². The van der Waals surface area contributed by atoms with E-state index in [9.17, 15) is 9.59 Å². The summed E-state index contributed by atoms with van der Waals surface area (Å²) in [6, 6.07) is 12.1. The van der Waals surface area contributed by atoms with Crippen LogP contribution in [-0.2, 0) is 9.53 Å². The molecule has 156 valence electrons. The van der Waals surface area contributed by atoms with Crippen LogP contribution in [0, 0.1) is 0 Å². The van der Waals surface area contributed by atoms with Gasteiger partial charge in [0.25, 0.3) is 5.91 Å². The molecular formula is C22H22N2O5S. The first-order valence-electron chi connectivity index (χ1n) is 9.21. The average Bonchev–Trinajstić information content (AvgIpc) is 3.07. The third kappa shape index (κ3) is 4.49. The highest BCUT2D eigenvalue weighted by Crippen LogP contribution is 2.36. The Labute approximate surface area is 179 Å². The Bertz CT molecular complexity index is 1010. The molecule has 0 aliphatic carbocycles. The van der Waals surface area contributed by atoms with Gasteiger partial charge in [-0.15, -0.1) is 0 Å². The van der Waals surface area contributed by atoms with E-state index in [1.165, 1.54) is 18.9 Å². The van der Waals surface area contributed by atoms with E-state index >= 15 is 0 Å². The minimum atomic E-state index is -0.410. The van der Waals surface area contributed by atoms with Crippen LogP contribution in [0.1, 0.15) is 22.8 Å². The van der Waals surface area contributed by atoms with E-state index in [4.69, 9.17) is 14.2 Å². The van der Waals surface area contributed by atoms with Gasteiger partial charge in [0.15, 0.2) is 5.17 Å². The minimum absolute atomic E-state index is 0.127. The van der Waals surface area contributed by atoms with Crippen molar-refractivity contribution < 1.29 is 23.8 Å². The molecule has 0 unspecified atom stereocenters. The van der Waals surface area contributed by atoms with E-state index in [1.807, 2.05) is 13.0 Å². The molecule has 2 aromatic rings. The molecular weight excluding hydrogens is 404 g/mol. The van der Waals surface area contributed by atoms with E-state index in [0.717, 1.165) is 5.56 Å². The number of hydrogen-bond donors (Lipinski definition) is 0. The third-order valence-corrected chi connectivity index (χ3v) is 5.45. The van der Waals surface area contributed by atoms with E-state index in [1.54, 1.807) is 61.6 Å². The van der Waals surface area contributed by atoms with Crippen LogP contribution in [0.15, 0.2) is 52.4 Å². The number of esters is 1. The Hall–Kier alpha value is -3.26. The molecule has 0 aromatic heterocycles. The quantitative estimate of drug-likeness (QED) is 0.511. The van der Waals surface area contributed by atoms with Crippen LogP contribution >= 0.6 is 11.8 Å². The first-order valence-corrected chi connectivity index (χ1v) is 10.0. The first kappa shape index (κ1) is 21.4. The van der Waals surface area contributed by atoms with Gasteiger partial charge in [0.05, 0.1) is 37.5 Å². The van der Waals surface area contributed by atoms with Crippen molar-refractivity contribution in [1.29, 1.82) is 0 Å². The van der Waals surface area contributed by atoms with E-state index in [2.05, 4.69) is 4.99 Å². The van der Waals surface area contributed by atoms with Crippen LogP contribution in [0.25, 0.3) is 6.08 Å². The Kier molecular flexibility index (Phi) is 6.79. The molecule has 1 saturated heterocycles. The highest BCUT2D eigenvalue weighted by Gasteiger charge is 2.32. The molecule has 1 fully saturated rings. The number of methoxy groups -OCH3 is 3. The summed E-state index contributed by atoms with van der Waals surface area (Å²) in [7, 11) is 4.50. The molecule has 1 aliphatic rings. The predicted molar refractivity (Wildman–Crippen MR) is 117 cm³/mol. The normalized spacial score (nSPS) is 16.3. The zero-order valence-electron chi connectivity index (χ0n) is 17.2. The maximum Gasteiger partial charge on any atom is 0.337 e. The van der Waals surface area contributed by atoms with Crippen LogP contribution in [0.5, 0.6) is 11.5 Å². The molecule has 0 radical (unpaired) electrons. The molecule has 0 saturated carbocycles. The number of rotatable bonds is 6. The van der Waals surface area contributed by atoms with Crippen molar-refractivity contribution in [2.24, 2.45) is 4.99 Å². The summed E-state index contributed by atoms with van der Waals surface area (Å²) in [4.78, 5) is 31.2. The van der Waals surface area contributed by atoms with Gasteiger partial charge >= 0.3 is 5.97 Å². The predicted octanol–water partition coefficient (Wildman–Crippen LogP) is 4.11. The van der Waals surface area contributed by atoms with Gasteiger partial charge in [0.1, 0.15) is 11.5 Å². The van der Waals surface area contributed by atoms with E-state index < -0.39 is 5.97 Å². The van der Waals surface area contributed by atoms with Crippen molar-refractivity contribution in [2.75, 3.05) is 27.9 Å². The van der Waals surface area contributed by atoms with Crippen molar-refractivity contribution in [2.45, 2.75) is 6.92 Å². The number of amidine groups is 1. The maximum atomic E-state index is 12.9. The number of ether oxygens (including phenoxy) is 3. The summed E-state index contributed by atoms with van der Waals surface area (Å²) in [6.45, 7) is 2.38. The van der Waals surface area contributed by atoms with E-state index in [-0.39, 0.29) is 5.91 Å². The second kappa shape index (κ2) is 9.49. The SMILES string of the molecule is CCN1C(=O)/C(=C\c2cc(OC)ccc2OC)SC1=Nc1ccc(C(=O)OC)cc1. The van der Waals surface area contributed by atoms with Crippen LogP contribution in [0.4, 0.5) is 5.69 Å². The van der Waals surface area contributed by atoms with Gasteiger partial charge in [0, 0.05) is 12.1 Å². The topological polar surface area (TPSA) is 77.4 Å². The standard InChI is InChI=1S/C22H22N2O5S/c1-5-24-20(25)19(13-15-12-17(27-2)10-11-18(15)28-3)30-22(24)23-16-8-6-14(7-9-16)21(26)29-4/h6-13H,5H2,1-4H3/b19-13+,23-22?. The lowest BCUT2D eigenvalue weighted by atomic mass is 10.1. The van der Waals surface area contributed by atoms with Crippen molar-refractivity contribution in [1.82, 2.24) is 4.90 Å².